The van der Waals surface area contributed by atoms with E-state index in [1.165, 1.54) is 0 Å². The molecule has 0 aliphatic rings. The normalized spacial score (nSPS) is 11.1. The van der Waals surface area contributed by atoms with Crippen LogP contribution >= 0.6 is 0 Å². The summed E-state index contributed by atoms with van der Waals surface area (Å²) in [5, 5.41) is 18.7. The summed E-state index contributed by atoms with van der Waals surface area (Å²) in [6.07, 6.45) is 0.673. The molecule has 0 unspecified atom stereocenters. The highest BCUT2D eigenvalue weighted by atomic mass is 16.3. The second-order valence-electron chi connectivity index (χ2n) is 4.70. The molecule has 0 aliphatic heterocycles. The highest BCUT2D eigenvalue weighted by Crippen LogP contribution is 2.27. The lowest BCUT2D eigenvalue weighted by atomic mass is 10.2. The first-order valence-corrected chi connectivity index (χ1v) is 6.65. The number of aromatic hydroxyl groups is 1. The molecule has 0 saturated carbocycles. The lowest BCUT2D eigenvalue weighted by molar-refractivity contribution is 0.281. The Hall–Kier alpha value is -2.33. The summed E-state index contributed by atoms with van der Waals surface area (Å²) in [4.78, 5) is 4.65. The monoisotopic (exact) mass is 268 g/mol. The van der Waals surface area contributed by atoms with Gasteiger partial charge in [-0.3, -0.25) is 0 Å². The predicted molar refractivity (Wildman–Crippen MR) is 78.5 cm³/mol. The number of imidazole rings is 1. The summed E-state index contributed by atoms with van der Waals surface area (Å²) in [6, 6.07) is 15.0. The van der Waals surface area contributed by atoms with E-state index in [1.807, 2.05) is 30.3 Å². The number of nitrogens with zero attached hydrogens (tertiary/aromatic N) is 2. The maximum Gasteiger partial charge on any atom is 0.141 e. The van der Waals surface area contributed by atoms with Gasteiger partial charge in [0.1, 0.15) is 11.6 Å². The highest BCUT2D eigenvalue weighted by Gasteiger charge is 2.12. The highest BCUT2D eigenvalue weighted by molar-refractivity contribution is 5.80. The van der Waals surface area contributed by atoms with Crippen LogP contribution in [0, 0.1) is 0 Å². The Morgan fingerprint density at radius 1 is 1.05 bits per heavy atom. The van der Waals surface area contributed by atoms with Gasteiger partial charge in [-0.15, -0.1) is 0 Å². The lowest BCUT2D eigenvalue weighted by Gasteiger charge is -2.08. The molecule has 0 fully saturated rings. The number of phenols is 1. The molecule has 0 aliphatic carbocycles. The molecule has 0 amide bonds. The Balaban J connectivity index is 2.18. The smallest absolute Gasteiger partial charge is 0.141 e. The third-order valence-corrected chi connectivity index (χ3v) is 3.30. The number of hydrogen-bond donors (Lipinski definition) is 2. The Morgan fingerprint density at radius 2 is 1.90 bits per heavy atom. The molecule has 3 rings (SSSR count). The van der Waals surface area contributed by atoms with Crippen LogP contribution in [0.5, 0.6) is 5.75 Å². The van der Waals surface area contributed by atoms with E-state index in [4.69, 9.17) is 5.11 Å². The second-order valence-corrected chi connectivity index (χ2v) is 4.70. The summed E-state index contributed by atoms with van der Waals surface area (Å²) >= 11 is 0. The Morgan fingerprint density at radius 3 is 2.70 bits per heavy atom. The summed E-state index contributed by atoms with van der Waals surface area (Å²) in [5.74, 6) is 1.04. The molecular weight excluding hydrogens is 252 g/mol. The zero-order valence-corrected chi connectivity index (χ0v) is 11.0. The van der Waals surface area contributed by atoms with Crippen molar-refractivity contribution in [3.05, 3.63) is 48.5 Å². The second kappa shape index (κ2) is 5.35. The number of rotatable bonds is 4. The standard InChI is InChI=1S/C16H16N2O2/c19-10-4-9-18-15-8-2-1-7-14(15)17-16(18)12-5-3-6-13(20)11-12/h1-3,5-8,11,19-20H,4,9-10H2. The number of aliphatic hydroxyl groups is 1. The number of aryl methyl sites for hydroxylation is 1. The molecule has 4 heteroatoms. The molecule has 102 valence electrons. The summed E-state index contributed by atoms with van der Waals surface area (Å²) in [5.41, 5.74) is 2.84. The number of para-hydroxylation sites is 2. The fourth-order valence-corrected chi connectivity index (χ4v) is 2.40. The van der Waals surface area contributed by atoms with E-state index < -0.39 is 0 Å². The van der Waals surface area contributed by atoms with Crippen LogP contribution in [0.25, 0.3) is 22.4 Å². The minimum absolute atomic E-state index is 0.145. The number of aliphatic hydroxyl groups excluding tert-OH is 1. The van der Waals surface area contributed by atoms with Crippen molar-refractivity contribution in [2.75, 3.05) is 6.61 Å². The molecule has 3 aromatic rings. The van der Waals surface area contributed by atoms with Crippen LogP contribution in [0.2, 0.25) is 0 Å². The Kier molecular flexibility index (Phi) is 3.39. The van der Waals surface area contributed by atoms with Gasteiger partial charge in [0, 0.05) is 18.7 Å². The van der Waals surface area contributed by atoms with Crippen LogP contribution < -0.4 is 0 Å². The summed E-state index contributed by atoms with van der Waals surface area (Å²) in [6.45, 7) is 0.841. The molecule has 0 saturated heterocycles. The van der Waals surface area contributed by atoms with Gasteiger partial charge in [0.25, 0.3) is 0 Å². The Bertz CT molecular complexity index is 734. The van der Waals surface area contributed by atoms with Gasteiger partial charge >= 0.3 is 0 Å². The zero-order valence-electron chi connectivity index (χ0n) is 11.0. The topological polar surface area (TPSA) is 58.3 Å². The quantitative estimate of drug-likeness (QED) is 0.765. The van der Waals surface area contributed by atoms with Gasteiger partial charge in [0.05, 0.1) is 11.0 Å². The molecule has 1 aromatic heterocycles. The van der Waals surface area contributed by atoms with E-state index in [-0.39, 0.29) is 12.4 Å². The van der Waals surface area contributed by atoms with Gasteiger partial charge in [0.15, 0.2) is 0 Å². The van der Waals surface area contributed by atoms with E-state index in [0.717, 1.165) is 22.4 Å². The van der Waals surface area contributed by atoms with Crippen LogP contribution in [-0.2, 0) is 6.54 Å². The van der Waals surface area contributed by atoms with E-state index in [1.54, 1.807) is 18.2 Å². The number of aromatic nitrogens is 2. The minimum Gasteiger partial charge on any atom is -0.508 e. The third-order valence-electron chi connectivity index (χ3n) is 3.30. The van der Waals surface area contributed by atoms with E-state index in [2.05, 4.69) is 9.55 Å². The lowest BCUT2D eigenvalue weighted by Crippen LogP contribution is -2.02. The Labute approximate surface area is 116 Å². The van der Waals surface area contributed by atoms with E-state index in [9.17, 15) is 5.11 Å². The van der Waals surface area contributed by atoms with Crippen molar-refractivity contribution < 1.29 is 10.2 Å². The first kappa shape index (κ1) is 12.7. The van der Waals surface area contributed by atoms with Crippen LogP contribution in [0.1, 0.15) is 6.42 Å². The SMILES string of the molecule is OCCCn1c(-c2cccc(O)c2)nc2ccccc21. The van der Waals surface area contributed by atoms with Gasteiger partial charge < -0.3 is 14.8 Å². The maximum absolute atomic E-state index is 9.64. The minimum atomic E-state index is 0.145. The third kappa shape index (κ3) is 2.26. The average molecular weight is 268 g/mol. The van der Waals surface area contributed by atoms with E-state index in [0.29, 0.717) is 13.0 Å². The summed E-state index contributed by atoms with van der Waals surface area (Å²) < 4.78 is 2.08. The van der Waals surface area contributed by atoms with Crippen LogP contribution in [0.15, 0.2) is 48.5 Å². The number of hydrogen-bond acceptors (Lipinski definition) is 3. The molecule has 0 bridgehead atoms. The maximum atomic E-state index is 9.64. The fourth-order valence-electron chi connectivity index (χ4n) is 2.40. The summed E-state index contributed by atoms with van der Waals surface area (Å²) in [7, 11) is 0. The van der Waals surface area contributed by atoms with Gasteiger partial charge in [-0.25, -0.2) is 4.98 Å². The molecule has 2 aromatic carbocycles. The molecule has 0 atom stereocenters. The van der Waals surface area contributed by atoms with Crippen molar-refractivity contribution in [1.82, 2.24) is 9.55 Å². The first-order chi connectivity index (χ1) is 9.79. The van der Waals surface area contributed by atoms with Crippen LogP contribution in [-0.4, -0.2) is 26.4 Å². The van der Waals surface area contributed by atoms with Gasteiger partial charge in [-0.2, -0.15) is 0 Å². The van der Waals surface area contributed by atoms with Crippen LogP contribution in [0.3, 0.4) is 0 Å². The fraction of sp³-hybridized carbons (Fsp3) is 0.188. The van der Waals surface area contributed by atoms with Gasteiger partial charge in [-0.05, 0) is 30.7 Å². The average Bonchev–Trinajstić information content (AvgIpc) is 2.84. The molecule has 20 heavy (non-hydrogen) atoms. The van der Waals surface area contributed by atoms with Crippen molar-refractivity contribution >= 4 is 11.0 Å². The number of phenolic OH excluding ortho intramolecular Hbond substituents is 1. The molecule has 0 radical (unpaired) electrons. The molecule has 2 N–H and O–H groups in total. The molecular formula is C16H16N2O2. The molecule has 4 nitrogen and oxygen atoms in total. The number of fused-ring (bicyclic) bond motifs is 1. The van der Waals surface area contributed by atoms with Crippen molar-refractivity contribution in [1.29, 1.82) is 0 Å². The van der Waals surface area contributed by atoms with Crippen molar-refractivity contribution in [3.8, 4) is 17.1 Å². The number of benzene rings is 2. The van der Waals surface area contributed by atoms with Gasteiger partial charge in [0.2, 0.25) is 0 Å². The zero-order chi connectivity index (χ0) is 13.9. The van der Waals surface area contributed by atoms with Gasteiger partial charge in [-0.1, -0.05) is 24.3 Å². The predicted octanol–water partition coefficient (Wildman–Crippen LogP) is 2.79. The van der Waals surface area contributed by atoms with Crippen LogP contribution in [0.4, 0.5) is 0 Å². The molecule has 1 heterocycles. The van der Waals surface area contributed by atoms with E-state index >= 15 is 0 Å². The first-order valence-electron chi connectivity index (χ1n) is 6.65. The largest absolute Gasteiger partial charge is 0.508 e. The van der Waals surface area contributed by atoms with Crippen molar-refractivity contribution in [2.24, 2.45) is 0 Å². The van der Waals surface area contributed by atoms with Crippen molar-refractivity contribution in [2.45, 2.75) is 13.0 Å². The molecule has 0 spiro atoms. The van der Waals surface area contributed by atoms with Crippen molar-refractivity contribution in [3.63, 3.8) is 0 Å².